The van der Waals surface area contributed by atoms with Crippen LogP contribution in [0.2, 0.25) is 0 Å². The van der Waals surface area contributed by atoms with Crippen LogP contribution in [0.15, 0.2) is 29.2 Å². The molecule has 1 heterocycles. The molecule has 0 spiro atoms. The summed E-state index contributed by atoms with van der Waals surface area (Å²) in [5, 5.41) is 6.38. The van der Waals surface area contributed by atoms with Crippen molar-refractivity contribution in [1.82, 2.24) is 15.4 Å². The Morgan fingerprint density at radius 2 is 2.12 bits per heavy atom. The summed E-state index contributed by atoms with van der Waals surface area (Å²) in [6.45, 7) is 6.05. The molecule has 1 amide bonds. The summed E-state index contributed by atoms with van der Waals surface area (Å²) in [4.78, 5) is 12.6. The van der Waals surface area contributed by atoms with Gasteiger partial charge < -0.3 is 10.6 Å². The van der Waals surface area contributed by atoms with Crippen LogP contribution in [0, 0.1) is 11.8 Å². The van der Waals surface area contributed by atoms with E-state index < -0.39 is 10.0 Å². The largest absolute Gasteiger partial charge is 0.350 e. The van der Waals surface area contributed by atoms with Gasteiger partial charge in [0.25, 0.3) is 0 Å². The van der Waals surface area contributed by atoms with Crippen molar-refractivity contribution in [2.45, 2.75) is 44.0 Å². The van der Waals surface area contributed by atoms with E-state index >= 15 is 0 Å². The minimum absolute atomic E-state index is 0.00690. The number of carbonyl (C=O) groups excluding carboxylic acids is 1. The molecule has 3 unspecified atom stereocenters. The van der Waals surface area contributed by atoms with Crippen LogP contribution in [0.5, 0.6) is 0 Å². The van der Waals surface area contributed by atoms with Crippen molar-refractivity contribution in [2.24, 2.45) is 11.8 Å². The van der Waals surface area contributed by atoms with Gasteiger partial charge in [0.05, 0.1) is 10.9 Å². The number of piperidine rings is 1. The van der Waals surface area contributed by atoms with Gasteiger partial charge in [0, 0.05) is 6.42 Å². The van der Waals surface area contributed by atoms with Gasteiger partial charge in [-0.3, -0.25) is 4.79 Å². The third-order valence-corrected chi connectivity index (χ3v) is 6.37. The van der Waals surface area contributed by atoms with Crippen LogP contribution in [0.1, 0.15) is 44.7 Å². The molecule has 0 bridgehead atoms. The molecule has 140 valence electrons. The Morgan fingerprint density at radius 1 is 1.36 bits per heavy atom. The second kappa shape index (κ2) is 8.78. The first-order chi connectivity index (χ1) is 11.8. The topological polar surface area (TPSA) is 87.3 Å². The zero-order valence-corrected chi connectivity index (χ0v) is 16.0. The lowest BCUT2D eigenvalue weighted by Gasteiger charge is -2.28. The Kier molecular flexibility index (Phi) is 6.98. The lowest BCUT2D eigenvalue weighted by Crippen LogP contribution is -2.36. The molecule has 1 aliphatic rings. The minimum atomic E-state index is -3.49. The summed E-state index contributed by atoms with van der Waals surface area (Å²) in [6, 6.07) is 6.43. The highest BCUT2D eigenvalue weighted by Crippen LogP contribution is 2.23. The Labute approximate surface area is 150 Å². The van der Waals surface area contributed by atoms with E-state index in [1.807, 2.05) is 13.0 Å². The summed E-state index contributed by atoms with van der Waals surface area (Å²) < 4.78 is 26.1. The van der Waals surface area contributed by atoms with Crippen molar-refractivity contribution in [3.63, 3.8) is 0 Å². The summed E-state index contributed by atoms with van der Waals surface area (Å²) in [5.74, 6) is 0.877. The molecule has 0 aliphatic carbocycles. The van der Waals surface area contributed by atoms with Crippen LogP contribution >= 0.6 is 0 Å². The van der Waals surface area contributed by atoms with Gasteiger partial charge in [-0.2, -0.15) is 0 Å². The number of hydrogen-bond acceptors (Lipinski definition) is 4. The third-order valence-electron chi connectivity index (χ3n) is 4.96. The van der Waals surface area contributed by atoms with E-state index in [0.29, 0.717) is 18.3 Å². The molecule has 1 aromatic carbocycles. The van der Waals surface area contributed by atoms with E-state index in [9.17, 15) is 13.2 Å². The summed E-state index contributed by atoms with van der Waals surface area (Å²) in [7, 11) is -2.10. The molecule has 25 heavy (non-hydrogen) atoms. The zero-order valence-electron chi connectivity index (χ0n) is 15.2. The fourth-order valence-corrected chi connectivity index (χ4v) is 4.06. The van der Waals surface area contributed by atoms with Gasteiger partial charge in [0.2, 0.25) is 15.9 Å². The Balaban J connectivity index is 1.95. The molecule has 2 rings (SSSR count). The van der Waals surface area contributed by atoms with Crippen LogP contribution in [0.4, 0.5) is 0 Å². The quantitative estimate of drug-likeness (QED) is 0.686. The van der Waals surface area contributed by atoms with Crippen LogP contribution in [-0.4, -0.2) is 34.5 Å². The lowest BCUT2D eigenvalue weighted by molar-refractivity contribution is -0.123. The lowest BCUT2D eigenvalue weighted by atomic mass is 9.85. The molecule has 3 atom stereocenters. The maximum absolute atomic E-state index is 12.4. The number of amides is 1. The third kappa shape index (κ3) is 5.52. The standard InChI is InChI=1S/C18H29N3O3S/c1-13(16-7-5-9-20-12-16)10-18(22)21-14(2)15-6-4-8-17(11-15)25(23,24)19-3/h4,6,8,11,13-14,16,19-20H,5,7,9-10,12H2,1-3H3,(H,21,22). The first-order valence-corrected chi connectivity index (χ1v) is 10.4. The number of sulfonamides is 1. The molecule has 7 heteroatoms. The highest BCUT2D eigenvalue weighted by atomic mass is 32.2. The maximum Gasteiger partial charge on any atom is 0.240 e. The van der Waals surface area contributed by atoms with Gasteiger partial charge in [0.1, 0.15) is 0 Å². The Morgan fingerprint density at radius 3 is 2.76 bits per heavy atom. The average molecular weight is 368 g/mol. The molecule has 0 saturated carbocycles. The van der Waals surface area contributed by atoms with Crippen molar-refractivity contribution in [3.8, 4) is 0 Å². The van der Waals surface area contributed by atoms with Gasteiger partial charge in [-0.15, -0.1) is 0 Å². The number of carbonyl (C=O) groups is 1. The highest BCUT2D eigenvalue weighted by Gasteiger charge is 2.23. The monoisotopic (exact) mass is 367 g/mol. The second-order valence-corrected chi connectivity index (χ2v) is 8.74. The molecule has 0 radical (unpaired) electrons. The average Bonchev–Trinajstić information content (AvgIpc) is 2.62. The van der Waals surface area contributed by atoms with E-state index in [0.717, 1.165) is 18.7 Å². The molecule has 6 nitrogen and oxygen atoms in total. The van der Waals surface area contributed by atoms with E-state index in [1.165, 1.54) is 19.9 Å². The molecule has 3 N–H and O–H groups in total. The summed E-state index contributed by atoms with van der Waals surface area (Å²) >= 11 is 0. The van der Waals surface area contributed by atoms with Gasteiger partial charge in [-0.05, 0) is 69.4 Å². The van der Waals surface area contributed by atoms with Gasteiger partial charge in [-0.25, -0.2) is 13.1 Å². The second-order valence-electron chi connectivity index (χ2n) is 6.86. The fourth-order valence-electron chi connectivity index (χ4n) is 3.28. The molecular weight excluding hydrogens is 338 g/mol. The smallest absolute Gasteiger partial charge is 0.240 e. The number of nitrogens with one attached hydrogen (secondary N) is 3. The van der Waals surface area contributed by atoms with Crippen LogP contribution in [0.25, 0.3) is 0 Å². The van der Waals surface area contributed by atoms with Crippen molar-refractivity contribution in [3.05, 3.63) is 29.8 Å². The maximum atomic E-state index is 12.4. The molecule has 1 fully saturated rings. The zero-order chi connectivity index (χ0) is 18.4. The van der Waals surface area contributed by atoms with Gasteiger partial charge in [-0.1, -0.05) is 19.1 Å². The SMILES string of the molecule is CNS(=O)(=O)c1cccc(C(C)NC(=O)CC(C)C2CCCNC2)c1. The minimum Gasteiger partial charge on any atom is -0.350 e. The number of benzene rings is 1. The van der Waals surface area contributed by atoms with E-state index in [-0.39, 0.29) is 16.8 Å². The van der Waals surface area contributed by atoms with Crippen LogP contribution < -0.4 is 15.4 Å². The van der Waals surface area contributed by atoms with Crippen molar-refractivity contribution in [2.75, 3.05) is 20.1 Å². The normalized spacial score (nSPS) is 20.7. The van der Waals surface area contributed by atoms with Crippen LogP contribution in [0.3, 0.4) is 0 Å². The number of rotatable bonds is 7. The predicted octanol–water partition coefficient (Wildman–Crippen LogP) is 1.80. The predicted molar refractivity (Wildman–Crippen MR) is 98.6 cm³/mol. The van der Waals surface area contributed by atoms with Crippen molar-refractivity contribution < 1.29 is 13.2 Å². The van der Waals surface area contributed by atoms with Crippen molar-refractivity contribution in [1.29, 1.82) is 0 Å². The Bertz CT molecular complexity index is 685. The van der Waals surface area contributed by atoms with Crippen LogP contribution in [-0.2, 0) is 14.8 Å². The molecule has 1 saturated heterocycles. The highest BCUT2D eigenvalue weighted by molar-refractivity contribution is 7.89. The van der Waals surface area contributed by atoms with E-state index in [4.69, 9.17) is 0 Å². The number of hydrogen-bond donors (Lipinski definition) is 3. The summed E-state index contributed by atoms with van der Waals surface area (Å²) in [5.41, 5.74) is 0.775. The summed E-state index contributed by atoms with van der Waals surface area (Å²) in [6.07, 6.45) is 2.83. The molecule has 1 aromatic rings. The first-order valence-electron chi connectivity index (χ1n) is 8.87. The molecule has 1 aliphatic heterocycles. The van der Waals surface area contributed by atoms with E-state index in [1.54, 1.807) is 18.2 Å². The Hall–Kier alpha value is -1.44. The molecule has 0 aromatic heterocycles. The van der Waals surface area contributed by atoms with Gasteiger partial charge >= 0.3 is 0 Å². The van der Waals surface area contributed by atoms with Gasteiger partial charge in [0.15, 0.2) is 0 Å². The molecular formula is C18H29N3O3S. The first kappa shape index (κ1) is 19.9. The van der Waals surface area contributed by atoms with E-state index in [2.05, 4.69) is 22.3 Å². The van der Waals surface area contributed by atoms with Crippen molar-refractivity contribution >= 4 is 15.9 Å². The fraction of sp³-hybridized carbons (Fsp3) is 0.611.